The van der Waals surface area contributed by atoms with Crippen molar-refractivity contribution in [3.63, 3.8) is 0 Å². The Morgan fingerprint density at radius 3 is 2.62 bits per heavy atom. The second-order valence-corrected chi connectivity index (χ2v) is 5.83. The lowest BCUT2D eigenvalue weighted by molar-refractivity contribution is -0.140. The first-order chi connectivity index (χ1) is 11.8. The van der Waals surface area contributed by atoms with Crippen LogP contribution in [0.2, 0.25) is 0 Å². The Kier molecular flexibility index (Phi) is 7.83. The molecule has 0 spiro atoms. The van der Waals surface area contributed by atoms with Crippen molar-refractivity contribution in [3.05, 3.63) is 35.1 Å². The zero-order valence-electron chi connectivity index (χ0n) is 13.8. The van der Waals surface area contributed by atoms with Crippen LogP contribution in [0.4, 0.5) is 17.6 Å². The molecule has 1 atom stereocenters. The van der Waals surface area contributed by atoms with E-state index in [0.29, 0.717) is 25.5 Å². The van der Waals surface area contributed by atoms with Crippen molar-refractivity contribution in [3.8, 4) is 0 Å². The predicted octanol–water partition coefficient (Wildman–Crippen LogP) is 2.19. The van der Waals surface area contributed by atoms with Gasteiger partial charge >= 0.3 is 6.18 Å². The molecule has 1 aromatic carbocycles. The summed E-state index contributed by atoms with van der Waals surface area (Å²) in [7, 11) is 0. The molecule has 1 fully saturated rings. The Morgan fingerprint density at radius 2 is 2.00 bits per heavy atom. The highest BCUT2D eigenvalue weighted by Gasteiger charge is 2.37. The van der Waals surface area contributed by atoms with E-state index in [2.05, 4.69) is 5.32 Å². The molecule has 1 heterocycles. The Labute approximate surface area is 154 Å². The van der Waals surface area contributed by atoms with Crippen LogP contribution < -0.4 is 11.1 Å². The summed E-state index contributed by atoms with van der Waals surface area (Å²) in [5.74, 6) is -3.19. The van der Waals surface area contributed by atoms with Gasteiger partial charge in [-0.1, -0.05) is 6.07 Å². The average Bonchev–Trinajstić information content (AvgIpc) is 2.58. The van der Waals surface area contributed by atoms with Crippen LogP contribution in [0.25, 0.3) is 0 Å². The van der Waals surface area contributed by atoms with Crippen LogP contribution in [0.3, 0.4) is 0 Å². The molecule has 2 amide bonds. The number of nitrogens with two attached hydrogens (primary N) is 1. The first-order valence-corrected chi connectivity index (χ1v) is 7.88. The predicted molar refractivity (Wildman–Crippen MR) is 89.3 cm³/mol. The van der Waals surface area contributed by atoms with Crippen LogP contribution in [-0.4, -0.2) is 42.9 Å². The molecule has 1 aromatic rings. The van der Waals surface area contributed by atoms with E-state index in [4.69, 9.17) is 5.73 Å². The molecule has 3 N–H and O–H groups in total. The molecule has 0 bridgehead atoms. The van der Waals surface area contributed by atoms with Crippen LogP contribution in [0, 0.1) is 11.7 Å². The van der Waals surface area contributed by atoms with Gasteiger partial charge in [-0.2, -0.15) is 13.2 Å². The minimum atomic E-state index is -4.88. The molecule has 1 unspecified atom stereocenters. The number of nitrogens with one attached hydrogen (secondary N) is 1. The van der Waals surface area contributed by atoms with Gasteiger partial charge in [0.25, 0.3) is 5.91 Å². The lowest BCUT2D eigenvalue weighted by atomic mass is 9.96. The van der Waals surface area contributed by atoms with Gasteiger partial charge in [0.1, 0.15) is 5.82 Å². The van der Waals surface area contributed by atoms with E-state index in [9.17, 15) is 27.2 Å². The SMILES string of the molecule is Cl.NCCNC(=O)C1CCCN(C(=O)c2cccc(C(F)(F)F)c2F)C1. The lowest BCUT2D eigenvalue weighted by Crippen LogP contribution is -2.46. The van der Waals surface area contributed by atoms with Gasteiger partial charge in [-0.3, -0.25) is 9.59 Å². The van der Waals surface area contributed by atoms with Gasteiger partial charge < -0.3 is 16.0 Å². The summed E-state index contributed by atoms with van der Waals surface area (Å²) in [6, 6.07) is 2.60. The summed E-state index contributed by atoms with van der Waals surface area (Å²) >= 11 is 0. The lowest BCUT2D eigenvalue weighted by Gasteiger charge is -2.32. The maximum Gasteiger partial charge on any atom is 0.419 e. The molecule has 2 rings (SSSR count). The third-order valence-corrected chi connectivity index (χ3v) is 4.06. The third kappa shape index (κ3) is 5.07. The molecule has 1 saturated heterocycles. The van der Waals surface area contributed by atoms with Gasteiger partial charge in [-0.15, -0.1) is 12.4 Å². The van der Waals surface area contributed by atoms with Gasteiger partial charge in [0.2, 0.25) is 5.91 Å². The second kappa shape index (κ2) is 9.18. The number of nitrogens with zero attached hydrogens (tertiary/aromatic N) is 1. The topological polar surface area (TPSA) is 75.4 Å². The molecular formula is C16H20ClF4N3O2. The maximum absolute atomic E-state index is 14.1. The van der Waals surface area contributed by atoms with Gasteiger partial charge in [0.05, 0.1) is 17.0 Å². The Balaban J connectivity index is 0.00000338. The number of alkyl halides is 3. The molecule has 0 radical (unpaired) electrons. The van der Waals surface area contributed by atoms with E-state index >= 15 is 0 Å². The largest absolute Gasteiger partial charge is 0.419 e. The highest BCUT2D eigenvalue weighted by Crippen LogP contribution is 2.33. The van der Waals surface area contributed by atoms with Crippen molar-refractivity contribution >= 4 is 24.2 Å². The molecule has 1 aliphatic heterocycles. The molecular weight excluding hydrogens is 378 g/mol. The van der Waals surface area contributed by atoms with Crippen LogP contribution in [-0.2, 0) is 11.0 Å². The van der Waals surface area contributed by atoms with Gasteiger partial charge in [-0.05, 0) is 25.0 Å². The maximum atomic E-state index is 14.1. The zero-order chi connectivity index (χ0) is 18.6. The second-order valence-electron chi connectivity index (χ2n) is 5.83. The summed E-state index contributed by atoms with van der Waals surface area (Å²) < 4.78 is 52.5. The monoisotopic (exact) mass is 397 g/mol. The van der Waals surface area contributed by atoms with E-state index in [1.54, 1.807) is 0 Å². The Morgan fingerprint density at radius 1 is 1.31 bits per heavy atom. The molecule has 0 saturated carbocycles. The third-order valence-electron chi connectivity index (χ3n) is 4.06. The summed E-state index contributed by atoms with van der Waals surface area (Å²) in [6.45, 7) is 0.863. The number of carbonyl (C=O) groups excluding carboxylic acids is 2. The first-order valence-electron chi connectivity index (χ1n) is 7.88. The smallest absolute Gasteiger partial charge is 0.355 e. The van der Waals surface area contributed by atoms with Crippen LogP contribution in [0.1, 0.15) is 28.8 Å². The molecule has 0 aliphatic carbocycles. The van der Waals surface area contributed by atoms with E-state index in [0.717, 1.165) is 12.1 Å². The highest BCUT2D eigenvalue weighted by atomic mass is 35.5. The first kappa shape index (κ1) is 22.2. The molecule has 26 heavy (non-hydrogen) atoms. The van der Waals surface area contributed by atoms with Gasteiger partial charge in [0, 0.05) is 26.2 Å². The van der Waals surface area contributed by atoms with E-state index in [1.807, 2.05) is 0 Å². The minimum absolute atomic E-state index is 0. The zero-order valence-corrected chi connectivity index (χ0v) is 14.6. The minimum Gasteiger partial charge on any atom is -0.355 e. The Bertz CT molecular complexity index is 655. The van der Waals surface area contributed by atoms with Crippen LogP contribution in [0.5, 0.6) is 0 Å². The van der Waals surface area contributed by atoms with E-state index in [-0.39, 0.29) is 37.9 Å². The van der Waals surface area contributed by atoms with Gasteiger partial charge in [-0.25, -0.2) is 4.39 Å². The van der Waals surface area contributed by atoms with E-state index in [1.165, 1.54) is 4.90 Å². The number of hydrogen-bond donors (Lipinski definition) is 2. The summed E-state index contributed by atoms with van der Waals surface area (Å²) in [5, 5.41) is 2.62. The van der Waals surface area contributed by atoms with Crippen molar-refractivity contribution in [2.45, 2.75) is 19.0 Å². The molecule has 0 aromatic heterocycles. The number of amides is 2. The van der Waals surface area contributed by atoms with Crippen molar-refractivity contribution in [1.82, 2.24) is 10.2 Å². The van der Waals surface area contributed by atoms with Crippen LogP contribution >= 0.6 is 12.4 Å². The fourth-order valence-corrected chi connectivity index (χ4v) is 2.80. The number of halogens is 5. The number of likely N-dealkylation sites (tertiary alicyclic amines) is 1. The van der Waals surface area contributed by atoms with Crippen molar-refractivity contribution < 1.29 is 27.2 Å². The van der Waals surface area contributed by atoms with Crippen LogP contribution in [0.15, 0.2) is 18.2 Å². The summed E-state index contributed by atoms with van der Waals surface area (Å²) in [4.78, 5) is 25.7. The fourth-order valence-electron chi connectivity index (χ4n) is 2.80. The normalized spacial score (nSPS) is 17.4. The standard InChI is InChI=1S/C16H19F4N3O2.ClH/c17-13-11(4-1-5-12(13)16(18,19)20)15(25)23-8-2-3-10(9-23)14(24)22-7-6-21;/h1,4-5,10H,2-3,6-9,21H2,(H,22,24);1H. The average molecular weight is 398 g/mol. The number of carbonyl (C=O) groups is 2. The number of rotatable bonds is 4. The number of hydrogen-bond acceptors (Lipinski definition) is 3. The fraction of sp³-hybridized carbons (Fsp3) is 0.500. The number of piperidine rings is 1. The van der Waals surface area contributed by atoms with Crippen molar-refractivity contribution in [2.75, 3.05) is 26.2 Å². The van der Waals surface area contributed by atoms with E-state index < -0.39 is 34.9 Å². The molecule has 146 valence electrons. The molecule has 10 heteroatoms. The van der Waals surface area contributed by atoms with Crippen molar-refractivity contribution in [2.24, 2.45) is 11.7 Å². The Hall–Kier alpha value is -1.87. The summed E-state index contributed by atoms with van der Waals surface area (Å²) in [6.07, 6.45) is -3.83. The summed E-state index contributed by atoms with van der Waals surface area (Å²) in [5.41, 5.74) is 3.19. The number of benzene rings is 1. The highest BCUT2D eigenvalue weighted by molar-refractivity contribution is 5.95. The molecule has 1 aliphatic rings. The van der Waals surface area contributed by atoms with Gasteiger partial charge in [0.15, 0.2) is 0 Å². The quantitative estimate of drug-likeness (QED) is 0.765. The molecule has 5 nitrogen and oxygen atoms in total. The van der Waals surface area contributed by atoms with Crippen molar-refractivity contribution in [1.29, 1.82) is 0 Å².